The second-order valence-corrected chi connectivity index (χ2v) is 5.83. The minimum Gasteiger partial charge on any atom is -0.346 e. The van der Waals surface area contributed by atoms with Crippen molar-refractivity contribution in [2.75, 3.05) is 11.9 Å². The maximum Gasteiger partial charge on any atom is 0.243 e. The van der Waals surface area contributed by atoms with Crippen LogP contribution in [0.3, 0.4) is 0 Å². The Morgan fingerprint density at radius 2 is 1.74 bits per heavy atom. The first-order valence-electron chi connectivity index (χ1n) is 6.50. The standard InChI is InChI=1S/C14H18F3N3O2.ClH/c1-14(2,3)12(18)13(22)19-6-9(21)20-8-5-4-7(15)10(16)11(8)17;/h4-5,12H,6,18H2,1-3H3,(H,19,22)(H,20,21);1H/t12-;/m1./s1. The molecule has 1 aromatic carbocycles. The minimum atomic E-state index is -1.68. The normalized spacial score (nSPS) is 12.1. The van der Waals surface area contributed by atoms with Crippen molar-refractivity contribution in [1.29, 1.82) is 0 Å². The van der Waals surface area contributed by atoms with Crippen molar-refractivity contribution >= 4 is 29.9 Å². The first kappa shape index (κ1) is 21.2. The average molecular weight is 354 g/mol. The zero-order valence-electron chi connectivity index (χ0n) is 12.9. The van der Waals surface area contributed by atoms with Crippen LogP contribution in [0.2, 0.25) is 0 Å². The van der Waals surface area contributed by atoms with Crippen molar-refractivity contribution in [2.24, 2.45) is 11.1 Å². The summed E-state index contributed by atoms with van der Waals surface area (Å²) in [6.45, 7) is 4.80. The number of halogens is 4. The van der Waals surface area contributed by atoms with Crippen LogP contribution in [0, 0.1) is 22.9 Å². The number of hydrogen-bond donors (Lipinski definition) is 3. The van der Waals surface area contributed by atoms with E-state index in [2.05, 4.69) is 5.32 Å². The van der Waals surface area contributed by atoms with E-state index in [0.29, 0.717) is 6.07 Å². The van der Waals surface area contributed by atoms with E-state index in [1.54, 1.807) is 20.8 Å². The summed E-state index contributed by atoms with van der Waals surface area (Å²) in [7, 11) is 0. The molecule has 0 unspecified atom stereocenters. The highest BCUT2D eigenvalue weighted by Gasteiger charge is 2.27. The van der Waals surface area contributed by atoms with Crippen LogP contribution in [-0.2, 0) is 9.59 Å². The molecule has 130 valence electrons. The molecule has 0 aliphatic heterocycles. The summed E-state index contributed by atoms with van der Waals surface area (Å²) in [6.07, 6.45) is 0. The Labute approximate surface area is 138 Å². The maximum atomic E-state index is 13.4. The number of carbonyl (C=O) groups is 2. The van der Waals surface area contributed by atoms with Crippen molar-refractivity contribution in [3.8, 4) is 0 Å². The lowest BCUT2D eigenvalue weighted by Gasteiger charge is -2.25. The van der Waals surface area contributed by atoms with Gasteiger partial charge in [-0.2, -0.15) is 0 Å². The van der Waals surface area contributed by atoms with E-state index in [1.807, 2.05) is 5.32 Å². The lowest BCUT2D eigenvalue weighted by Crippen LogP contribution is -2.50. The quantitative estimate of drug-likeness (QED) is 0.723. The van der Waals surface area contributed by atoms with Gasteiger partial charge in [0.25, 0.3) is 0 Å². The molecule has 0 saturated carbocycles. The molecular weight excluding hydrogens is 335 g/mol. The van der Waals surface area contributed by atoms with Gasteiger partial charge >= 0.3 is 0 Å². The molecule has 9 heteroatoms. The van der Waals surface area contributed by atoms with Crippen LogP contribution in [0.4, 0.5) is 18.9 Å². The second kappa shape index (κ2) is 8.16. The number of carbonyl (C=O) groups excluding carboxylic acids is 2. The number of hydrogen-bond acceptors (Lipinski definition) is 3. The molecule has 0 saturated heterocycles. The fourth-order valence-corrected chi connectivity index (χ4v) is 1.49. The summed E-state index contributed by atoms with van der Waals surface area (Å²) in [6, 6.07) is 0.733. The summed E-state index contributed by atoms with van der Waals surface area (Å²) in [5.41, 5.74) is 4.69. The molecule has 2 amide bonds. The second-order valence-electron chi connectivity index (χ2n) is 5.83. The molecule has 1 atom stereocenters. The van der Waals surface area contributed by atoms with Crippen molar-refractivity contribution in [3.05, 3.63) is 29.6 Å². The Kier molecular flexibility index (Phi) is 7.53. The maximum absolute atomic E-state index is 13.4. The van der Waals surface area contributed by atoms with Gasteiger partial charge in [0.1, 0.15) is 0 Å². The largest absolute Gasteiger partial charge is 0.346 e. The van der Waals surface area contributed by atoms with Gasteiger partial charge in [-0.1, -0.05) is 20.8 Å². The predicted octanol–water partition coefficient (Wildman–Crippen LogP) is 1.95. The topological polar surface area (TPSA) is 84.2 Å². The molecule has 4 N–H and O–H groups in total. The summed E-state index contributed by atoms with van der Waals surface area (Å²) >= 11 is 0. The summed E-state index contributed by atoms with van der Waals surface area (Å²) in [5.74, 6) is -5.89. The molecule has 0 aliphatic carbocycles. The van der Waals surface area contributed by atoms with Gasteiger partial charge in [-0.25, -0.2) is 13.2 Å². The number of rotatable bonds is 4. The number of anilines is 1. The van der Waals surface area contributed by atoms with Crippen LogP contribution in [0.5, 0.6) is 0 Å². The molecule has 0 bridgehead atoms. The molecule has 0 fully saturated rings. The predicted molar refractivity (Wildman–Crippen MR) is 82.6 cm³/mol. The smallest absolute Gasteiger partial charge is 0.243 e. The summed E-state index contributed by atoms with van der Waals surface area (Å²) < 4.78 is 39.1. The van der Waals surface area contributed by atoms with E-state index in [-0.39, 0.29) is 12.4 Å². The van der Waals surface area contributed by atoms with Gasteiger partial charge < -0.3 is 16.4 Å². The van der Waals surface area contributed by atoms with Crippen molar-refractivity contribution < 1.29 is 22.8 Å². The molecule has 23 heavy (non-hydrogen) atoms. The molecule has 1 aromatic rings. The Hall–Kier alpha value is -1.80. The van der Waals surface area contributed by atoms with Crippen LogP contribution in [0.15, 0.2) is 12.1 Å². The van der Waals surface area contributed by atoms with E-state index < -0.39 is 53.0 Å². The van der Waals surface area contributed by atoms with Gasteiger partial charge in [0.15, 0.2) is 17.5 Å². The fourth-order valence-electron chi connectivity index (χ4n) is 1.49. The highest BCUT2D eigenvalue weighted by molar-refractivity contribution is 5.95. The number of amides is 2. The van der Waals surface area contributed by atoms with Crippen LogP contribution in [-0.4, -0.2) is 24.4 Å². The number of benzene rings is 1. The van der Waals surface area contributed by atoms with E-state index in [1.165, 1.54) is 0 Å². The van der Waals surface area contributed by atoms with Gasteiger partial charge in [-0.05, 0) is 17.5 Å². The molecule has 1 rings (SSSR count). The van der Waals surface area contributed by atoms with Crippen LogP contribution in [0.1, 0.15) is 20.8 Å². The van der Waals surface area contributed by atoms with Crippen LogP contribution < -0.4 is 16.4 Å². The van der Waals surface area contributed by atoms with Gasteiger partial charge in [0.05, 0.1) is 18.3 Å². The van der Waals surface area contributed by atoms with Gasteiger partial charge in [0.2, 0.25) is 11.8 Å². The first-order chi connectivity index (χ1) is 10.0. The van der Waals surface area contributed by atoms with Gasteiger partial charge in [-0.15, -0.1) is 12.4 Å². The van der Waals surface area contributed by atoms with Crippen molar-refractivity contribution in [3.63, 3.8) is 0 Å². The third-order valence-electron chi connectivity index (χ3n) is 2.95. The first-order valence-corrected chi connectivity index (χ1v) is 6.50. The monoisotopic (exact) mass is 353 g/mol. The van der Waals surface area contributed by atoms with E-state index >= 15 is 0 Å². The van der Waals surface area contributed by atoms with E-state index in [9.17, 15) is 22.8 Å². The molecule has 0 heterocycles. The third-order valence-corrected chi connectivity index (χ3v) is 2.95. The molecule has 0 aliphatic rings. The minimum absolute atomic E-state index is 0. The highest BCUT2D eigenvalue weighted by Crippen LogP contribution is 2.19. The molecule has 0 aromatic heterocycles. The Morgan fingerprint density at radius 3 is 2.26 bits per heavy atom. The molecule has 0 spiro atoms. The number of nitrogens with two attached hydrogens (primary N) is 1. The van der Waals surface area contributed by atoms with E-state index in [4.69, 9.17) is 5.73 Å². The lowest BCUT2D eigenvalue weighted by molar-refractivity contribution is -0.126. The molecule has 5 nitrogen and oxygen atoms in total. The number of nitrogens with one attached hydrogen (secondary N) is 2. The Bertz CT molecular complexity index is 591. The van der Waals surface area contributed by atoms with Crippen molar-refractivity contribution in [1.82, 2.24) is 5.32 Å². The fraction of sp³-hybridized carbons (Fsp3) is 0.429. The SMILES string of the molecule is CC(C)(C)[C@H](N)C(=O)NCC(=O)Nc1ccc(F)c(F)c1F.Cl. The lowest BCUT2D eigenvalue weighted by atomic mass is 9.87. The van der Waals surface area contributed by atoms with Gasteiger partial charge in [-0.3, -0.25) is 9.59 Å². The molecule has 0 radical (unpaired) electrons. The third kappa shape index (κ3) is 5.72. The Morgan fingerprint density at radius 1 is 1.17 bits per heavy atom. The summed E-state index contributed by atoms with van der Waals surface area (Å²) in [5, 5.41) is 4.32. The zero-order valence-corrected chi connectivity index (χ0v) is 13.7. The zero-order chi connectivity index (χ0) is 17.1. The van der Waals surface area contributed by atoms with E-state index in [0.717, 1.165) is 6.07 Å². The van der Waals surface area contributed by atoms with Crippen LogP contribution >= 0.6 is 12.4 Å². The molecular formula is C14H19ClF3N3O2. The van der Waals surface area contributed by atoms with Crippen molar-refractivity contribution in [2.45, 2.75) is 26.8 Å². The average Bonchev–Trinajstić information content (AvgIpc) is 2.43. The highest BCUT2D eigenvalue weighted by atomic mass is 35.5. The summed E-state index contributed by atoms with van der Waals surface area (Å²) in [4.78, 5) is 23.3. The van der Waals surface area contributed by atoms with Crippen LogP contribution in [0.25, 0.3) is 0 Å². The van der Waals surface area contributed by atoms with Gasteiger partial charge in [0, 0.05) is 0 Å². The Balaban J connectivity index is 0.00000484.